The number of amides is 1. The molecule has 2 aromatic carbocycles. The third-order valence-electron chi connectivity index (χ3n) is 3.17. The number of alkyl halides is 2. The van der Waals surface area contributed by atoms with Crippen LogP contribution in [0.15, 0.2) is 53.4 Å². The summed E-state index contributed by atoms with van der Waals surface area (Å²) in [4.78, 5) is 14.5. The summed E-state index contributed by atoms with van der Waals surface area (Å²) in [6, 6.07) is 12.1. The van der Waals surface area contributed by atoms with Crippen LogP contribution in [0.3, 0.4) is 0 Å². The number of nitrogens with zero attached hydrogens (tertiary/aromatic N) is 1. The highest BCUT2D eigenvalue weighted by Gasteiger charge is 2.11. The van der Waals surface area contributed by atoms with Gasteiger partial charge in [0.05, 0.1) is 5.75 Å². The Morgan fingerprint density at radius 2 is 1.75 bits per heavy atom. The highest BCUT2D eigenvalue weighted by Crippen LogP contribution is 2.19. The van der Waals surface area contributed by atoms with Crippen LogP contribution >= 0.6 is 11.8 Å². The number of carbonyl (C=O) groups is 1. The van der Waals surface area contributed by atoms with Gasteiger partial charge in [-0.3, -0.25) is 4.79 Å². The number of hydrogen-bond acceptors (Lipinski definition) is 3. The highest BCUT2D eigenvalue weighted by atomic mass is 32.2. The Balaban J connectivity index is 1.83. The number of thioether (sulfide) groups is 1. The quantitative estimate of drug-likeness (QED) is 0.698. The topological polar surface area (TPSA) is 29.5 Å². The molecular formula is C17H16F3NO2S. The van der Waals surface area contributed by atoms with Crippen molar-refractivity contribution in [2.24, 2.45) is 0 Å². The molecule has 0 radical (unpaired) electrons. The second-order valence-electron chi connectivity index (χ2n) is 5.01. The molecular weight excluding hydrogens is 339 g/mol. The number of ether oxygens (including phenoxy) is 1. The SMILES string of the molecule is CN(Cc1ccc(OC(F)F)cc1)C(=O)CSc1ccc(F)cc1. The van der Waals surface area contributed by atoms with Crippen molar-refractivity contribution in [3.8, 4) is 5.75 Å². The van der Waals surface area contributed by atoms with Crippen LogP contribution in [0.5, 0.6) is 5.75 Å². The minimum atomic E-state index is -2.86. The maximum Gasteiger partial charge on any atom is 0.387 e. The number of carbonyl (C=O) groups excluding carboxylic acids is 1. The van der Waals surface area contributed by atoms with Crippen molar-refractivity contribution < 1.29 is 22.7 Å². The van der Waals surface area contributed by atoms with Crippen LogP contribution < -0.4 is 4.74 Å². The van der Waals surface area contributed by atoms with Crippen molar-refractivity contribution >= 4 is 17.7 Å². The van der Waals surface area contributed by atoms with E-state index in [1.807, 2.05) is 0 Å². The van der Waals surface area contributed by atoms with Gasteiger partial charge in [-0.05, 0) is 42.0 Å². The van der Waals surface area contributed by atoms with Gasteiger partial charge in [0, 0.05) is 18.5 Å². The van der Waals surface area contributed by atoms with E-state index >= 15 is 0 Å². The van der Waals surface area contributed by atoms with Gasteiger partial charge in [-0.15, -0.1) is 11.8 Å². The van der Waals surface area contributed by atoms with Gasteiger partial charge in [0.15, 0.2) is 0 Å². The van der Waals surface area contributed by atoms with E-state index in [4.69, 9.17) is 0 Å². The third kappa shape index (κ3) is 5.81. The van der Waals surface area contributed by atoms with Crippen molar-refractivity contribution in [3.63, 3.8) is 0 Å². The maximum absolute atomic E-state index is 12.8. The second-order valence-corrected chi connectivity index (χ2v) is 6.06. The highest BCUT2D eigenvalue weighted by molar-refractivity contribution is 8.00. The molecule has 128 valence electrons. The Morgan fingerprint density at radius 1 is 1.12 bits per heavy atom. The van der Waals surface area contributed by atoms with Gasteiger partial charge < -0.3 is 9.64 Å². The number of hydrogen-bond donors (Lipinski definition) is 0. The minimum absolute atomic E-state index is 0.0783. The lowest BCUT2D eigenvalue weighted by molar-refractivity contribution is -0.127. The Hall–Kier alpha value is -2.15. The van der Waals surface area contributed by atoms with Crippen LogP contribution in [0.4, 0.5) is 13.2 Å². The van der Waals surface area contributed by atoms with E-state index < -0.39 is 6.61 Å². The molecule has 0 aromatic heterocycles. The zero-order chi connectivity index (χ0) is 17.5. The lowest BCUT2D eigenvalue weighted by Gasteiger charge is -2.17. The molecule has 3 nitrogen and oxygen atoms in total. The molecule has 7 heteroatoms. The van der Waals surface area contributed by atoms with E-state index in [1.54, 1.807) is 36.2 Å². The average Bonchev–Trinajstić information content (AvgIpc) is 2.55. The van der Waals surface area contributed by atoms with Crippen molar-refractivity contribution in [2.75, 3.05) is 12.8 Å². The van der Waals surface area contributed by atoms with Gasteiger partial charge in [0.2, 0.25) is 5.91 Å². The van der Waals surface area contributed by atoms with Crippen molar-refractivity contribution in [1.29, 1.82) is 0 Å². The Kier molecular flexibility index (Phi) is 6.54. The van der Waals surface area contributed by atoms with Crippen LogP contribution in [-0.4, -0.2) is 30.2 Å². The predicted octanol–water partition coefficient (Wildman–Crippen LogP) is 4.18. The fourth-order valence-corrected chi connectivity index (χ4v) is 2.76. The minimum Gasteiger partial charge on any atom is -0.435 e. The molecule has 0 aliphatic carbocycles. The monoisotopic (exact) mass is 355 g/mol. The van der Waals surface area contributed by atoms with Gasteiger partial charge in [0.25, 0.3) is 0 Å². The van der Waals surface area contributed by atoms with Gasteiger partial charge in [0.1, 0.15) is 11.6 Å². The molecule has 1 amide bonds. The summed E-state index contributed by atoms with van der Waals surface area (Å²) >= 11 is 1.32. The number of rotatable bonds is 7. The molecule has 0 bridgehead atoms. The molecule has 0 saturated heterocycles. The van der Waals surface area contributed by atoms with Gasteiger partial charge in [-0.1, -0.05) is 12.1 Å². The van der Waals surface area contributed by atoms with E-state index in [2.05, 4.69) is 4.74 Å². The summed E-state index contributed by atoms with van der Waals surface area (Å²) in [5.41, 5.74) is 0.805. The summed E-state index contributed by atoms with van der Waals surface area (Å²) in [5.74, 6) is -0.0942. The first-order valence-electron chi connectivity index (χ1n) is 7.10. The predicted molar refractivity (Wildman–Crippen MR) is 86.7 cm³/mol. The third-order valence-corrected chi connectivity index (χ3v) is 4.17. The standard InChI is InChI=1S/C17H16F3NO2S/c1-21(10-12-2-6-14(7-3-12)23-17(19)20)16(22)11-24-15-8-4-13(18)5-9-15/h2-9,17H,10-11H2,1H3. The molecule has 0 saturated carbocycles. The largest absolute Gasteiger partial charge is 0.435 e. The van der Waals surface area contributed by atoms with Crippen LogP contribution in [0.25, 0.3) is 0 Å². The molecule has 0 aliphatic rings. The molecule has 2 aromatic rings. The van der Waals surface area contributed by atoms with E-state index in [0.29, 0.717) is 6.54 Å². The lowest BCUT2D eigenvalue weighted by atomic mass is 10.2. The van der Waals surface area contributed by atoms with Gasteiger partial charge in [-0.25, -0.2) is 4.39 Å². The molecule has 0 aliphatic heterocycles. The first-order valence-corrected chi connectivity index (χ1v) is 8.08. The molecule has 0 heterocycles. The Labute approximate surface area is 142 Å². The van der Waals surface area contributed by atoms with Crippen LogP contribution in [-0.2, 0) is 11.3 Å². The summed E-state index contributed by atoms with van der Waals surface area (Å²) in [5, 5.41) is 0. The van der Waals surface area contributed by atoms with E-state index in [1.165, 1.54) is 36.0 Å². The smallest absolute Gasteiger partial charge is 0.387 e. The van der Waals surface area contributed by atoms with E-state index in [9.17, 15) is 18.0 Å². The first kappa shape index (κ1) is 18.2. The van der Waals surface area contributed by atoms with E-state index in [0.717, 1.165) is 10.5 Å². The number of benzene rings is 2. The molecule has 0 spiro atoms. The molecule has 0 unspecified atom stereocenters. The zero-order valence-electron chi connectivity index (χ0n) is 12.9. The van der Waals surface area contributed by atoms with Gasteiger partial charge in [-0.2, -0.15) is 8.78 Å². The lowest BCUT2D eigenvalue weighted by Crippen LogP contribution is -2.27. The van der Waals surface area contributed by atoms with Crippen molar-refractivity contribution in [1.82, 2.24) is 4.90 Å². The number of halogens is 3. The summed E-state index contributed by atoms with van der Waals surface area (Å²) < 4.78 is 41.3. The summed E-state index contributed by atoms with van der Waals surface area (Å²) in [7, 11) is 1.66. The molecule has 0 atom stereocenters. The molecule has 0 fully saturated rings. The molecule has 2 rings (SSSR count). The normalized spacial score (nSPS) is 10.7. The van der Waals surface area contributed by atoms with Crippen LogP contribution in [0.1, 0.15) is 5.56 Å². The summed E-state index contributed by atoms with van der Waals surface area (Å²) in [6.07, 6.45) is 0. The first-order chi connectivity index (χ1) is 11.4. The zero-order valence-corrected chi connectivity index (χ0v) is 13.7. The fourth-order valence-electron chi connectivity index (χ4n) is 1.92. The molecule has 0 N–H and O–H groups in total. The Morgan fingerprint density at radius 3 is 2.33 bits per heavy atom. The molecule has 24 heavy (non-hydrogen) atoms. The Bertz CT molecular complexity index is 663. The van der Waals surface area contributed by atoms with Crippen LogP contribution in [0.2, 0.25) is 0 Å². The van der Waals surface area contributed by atoms with Crippen molar-refractivity contribution in [3.05, 3.63) is 59.9 Å². The fraction of sp³-hybridized carbons (Fsp3) is 0.235. The average molecular weight is 355 g/mol. The van der Waals surface area contributed by atoms with E-state index in [-0.39, 0.29) is 23.2 Å². The van der Waals surface area contributed by atoms with Crippen molar-refractivity contribution in [2.45, 2.75) is 18.1 Å². The second kappa shape index (κ2) is 8.63. The van der Waals surface area contributed by atoms with Gasteiger partial charge >= 0.3 is 6.61 Å². The maximum atomic E-state index is 12.8. The summed E-state index contributed by atoms with van der Waals surface area (Å²) in [6.45, 7) is -2.50. The van der Waals surface area contributed by atoms with Crippen LogP contribution in [0, 0.1) is 5.82 Å².